The Bertz CT molecular complexity index is 537. The highest BCUT2D eigenvalue weighted by molar-refractivity contribution is 5.72. The fraction of sp³-hybridized carbons (Fsp3) is 0.231. The minimum atomic E-state index is -0.263. The number of rotatable bonds is 2. The molecule has 2 heterocycles. The molecule has 1 atom stereocenters. The average Bonchev–Trinajstić information content (AvgIpc) is 2.96. The van der Waals surface area contributed by atoms with E-state index in [4.69, 9.17) is 14.9 Å². The van der Waals surface area contributed by atoms with Crippen LogP contribution in [0.15, 0.2) is 35.1 Å². The molecule has 0 unspecified atom stereocenters. The molecule has 0 amide bonds. The summed E-state index contributed by atoms with van der Waals surface area (Å²) in [5, 5.41) is 0. The van der Waals surface area contributed by atoms with Crippen molar-refractivity contribution in [2.24, 2.45) is 5.73 Å². The minimum absolute atomic E-state index is 0.0579. The average molecular weight is 233 g/mol. The number of benzene rings is 1. The van der Waals surface area contributed by atoms with E-state index >= 15 is 0 Å². The van der Waals surface area contributed by atoms with Gasteiger partial charge >= 0.3 is 0 Å². The van der Waals surface area contributed by atoms with Gasteiger partial charge in [-0.2, -0.15) is 0 Å². The van der Waals surface area contributed by atoms with Crippen LogP contribution in [0.2, 0.25) is 0 Å². The SMILES string of the molecule is NC[C@H]1Cc2cc(F)cc(-c3ccoc3)c2O1. The molecule has 0 bridgehead atoms. The summed E-state index contributed by atoms with van der Waals surface area (Å²) in [5.41, 5.74) is 8.00. The van der Waals surface area contributed by atoms with Gasteiger partial charge in [0.1, 0.15) is 17.7 Å². The molecule has 2 aromatic rings. The van der Waals surface area contributed by atoms with Crippen molar-refractivity contribution in [3.05, 3.63) is 42.1 Å². The normalized spacial score (nSPS) is 17.9. The molecule has 0 radical (unpaired) electrons. The lowest BCUT2D eigenvalue weighted by Gasteiger charge is -2.09. The molecule has 1 aromatic carbocycles. The van der Waals surface area contributed by atoms with Crippen molar-refractivity contribution in [3.8, 4) is 16.9 Å². The monoisotopic (exact) mass is 233 g/mol. The maximum absolute atomic E-state index is 13.5. The predicted molar refractivity (Wildman–Crippen MR) is 61.3 cm³/mol. The van der Waals surface area contributed by atoms with E-state index in [1.807, 2.05) is 0 Å². The van der Waals surface area contributed by atoms with E-state index in [1.54, 1.807) is 18.6 Å². The van der Waals surface area contributed by atoms with Gasteiger partial charge in [-0.3, -0.25) is 0 Å². The second kappa shape index (κ2) is 3.89. The second-order valence-electron chi connectivity index (χ2n) is 4.13. The summed E-state index contributed by atoms with van der Waals surface area (Å²) in [6.45, 7) is 0.432. The van der Waals surface area contributed by atoms with Gasteiger partial charge in [0.15, 0.2) is 0 Å². The molecule has 17 heavy (non-hydrogen) atoms. The van der Waals surface area contributed by atoms with Gasteiger partial charge < -0.3 is 14.9 Å². The van der Waals surface area contributed by atoms with Gasteiger partial charge in [0.05, 0.1) is 12.5 Å². The maximum atomic E-state index is 13.5. The summed E-state index contributed by atoms with van der Waals surface area (Å²) in [4.78, 5) is 0. The van der Waals surface area contributed by atoms with Crippen LogP contribution in [0.4, 0.5) is 4.39 Å². The number of nitrogens with two attached hydrogens (primary N) is 1. The molecule has 1 aromatic heterocycles. The predicted octanol–water partition coefficient (Wildman–Crippen LogP) is 2.35. The van der Waals surface area contributed by atoms with Crippen LogP contribution in [0.3, 0.4) is 0 Å². The van der Waals surface area contributed by atoms with Crippen molar-refractivity contribution >= 4 is 0 Å². The van der Waals surface area contributed by atoms with Gasteiger partial charge in [-0.15, -0.1) is 0 Å². The Labute approximate surface area is 98.0 Å². The third-order valence-corrected chi connectivity index (χ3v) is 2.96. The first kappa shape index (κ1) is 10.4. The van der Waals surface area contributed by atoms with Crippen molar-refractivity contribution in [1.82, 2.24) is 0 Å². The molecule has 1 aliphatic heterocycles. The van der Waals surface area contributed by atoms with Crippen molar-refractivity contribution in [3.63, 3.8) is 0 Å². The Morgan fingerprint density at radius 3 is 3.00 bits per heavy atom. The molecule has 3 rings (SSSR count). The molecule has 4 heteroatoms. The highest BCUT2D eigenvalue weighted by atomic mass is 19.1. The Hall–Kier alpha value is -1.81. The van der Waals surface area contributed by atoms with Crippen LogP contribution in [0.5, 0.6) is 5.75 Å². The highest BCUT2D eigenvalue weighted by Gasteiger charge is 2.26. The van der Waals surface area contributed by atoms with Crippen LogP contribution in [-0.4, -0.2) is 12.6 Å². The zero-order chi connectivity index (χ0) is 11.8. The lowest BCUT2D eigenvalue weighted by Crippen LogP contribution is -2.24. The van der Waals surface area contributed by atoms with Crippen molar-refractivity contribution in [2.75, 3.05) is 6.54 Å². The third-order valence-electron chi connectivity index (χ3n) is 2.96. The van der Waals surface area contributed by atoms with Crippen LogP contribution >= 0.6 is 0 Å². The summed E-state index contributed by atoms with van der Waals surface area (Å²) in [5.74, 6) is 0.462. The lowest BCUT2D eigenvalue weighted by molar-refractivity contribution is 0.242. The number of hydrogen-bond donors (Lipinski definition) is 1. The van der Waals surface area contributed by atoms with Gasteiger partial charge in [-0.05, 0) is 18.2 Å². The third kappa shape index (κ3) is 1.70. The van der Waals surface area contributed by atoms with E-state index in [9.17, 15) is 4.39 Å². The zero-order valence-corrected chi connectivity index (χ0v) is 9.15. The summed E-state index contributed by atoms with van der Waals surface area (Å²) >= 11 is 0. The van der Waals surface area contributed by atoms with Crippen molar-refractivity contribution in [2.45, 2.75) is 12.5 Å². The van der Waals surface area contributed by atoms with E-state index < -0.39 is 0 Å². The fourth-order valence-electron chi connectivity index (χ4n) is 2.16. The smallest absolute Gasteiger partial charge is 0.131 e. The van der Waals surface area contributed by atoms with Crippen molar-refractivity contribution < 1.29 is 13.5 Å². The summed E-state index contributed by atoms with van der Waals surface area (Å²) in [6, 6.07) is 4.76. The van der Waals surface area contributed by atoms with Crippen LogP contribution < -0.4 is 10.5 Å². The molecular formula is C13H12FNO2. The van der Waals surface area contributed by atoms with E-state index in [0.717, 1.165) is 22.4 Å². The molecule has 1 aliphatic rings. The van der Waals surface area contributed by atoms with Gasteiger partial charge in [0, 0.05) is 29.7 Å². The van der Waals surface area contributed by atoms with E-state index in [1.165, 1.54) is 12.1 Å². The number of hydrogen-bond acceptors (Lipinski definition) is 3. The first-order chi connectivity index (χ1) is 8.28. The van der Waals surface area contributed by atoms with Gasteiger partial charge in [-0.25, -0.2) is 4.39 Å². The topological polar surface area (TPSA) is 48.4 Å². The molecule has 0 saturated carbocycles. The summed E-state index contributed by atoms with van der Waals surface area (Å²) in [7, 11) is 0. The van der Waals surface area contributed by atoms with E-state index in [2.05, 4.69) is 0 Å². The number of halogens is 1. The summed E-state index contributed by atoms with van der Waals surface area (Å²) in [6.07, 6.45) is 3.74. The van der Waals surface area contributed by atoms with E-state index in [0.29, 0.717) is 13.0 Å². The van der Waals surface area contributed by atoms with Gasteiger partial charge in [0.2, 0.25) is 0 Å². The van der Waals surface area contributed by atoms with Crippen LogP contribution in [0.25, 0.3) is 11.1 Å². The molecule has 88 valence electrons. The molecule has 0 aliphatic carbocycles. The molecular weight excluding hydrogens is 221 g/mol. The van der Waals surface area contributed by atoms with Gasteiger partial charge in [-0.1, -0.05) is 0 Å². The molecule has 0 saturated heterocycles. The Morgan fingerprint density at radius 1 is 1.41 bits per heavy atom. The van der Waals surface area contributed by atoms with Crippen LogP contribution in [0, 0.1) is 5.82 Å². The van der Waals surface area contributed by atoms with Crippen molar-refractivity contribution in [1.29, 1.82) is 0 Å². The first-order valence-electron chi connectivity index (χ1n) is 5.49. The highest BCUT2D eigenvalue weighted by Crippen LogP contribution is 2.39. The maximum Gasteiger partial charge on any atom is 0.131 e. The minimum Gasteiger partial charge on any atom is -0.488 e. The first-order valence-corrected chi connectivity index (χ1v) is 5.49. The van der Waals surface area contributed by atoms with Crippen LogP contribution in [-0.2, 0) is 6.42 Å². The molecule has 0 spiro atoms. The summed E-state index contributed by atoms with van der Waals surface area (Å²) < 4.78 is 24.3. The van der Waals surface area contributed by atoms with Crippen LogP contribution in [0.1, 0.15) is 5.56 Å². The molecule has 2 N–H and O–H groups in total. The largest absolute Gasteiger partial charge is 0.488 e. The fourth-order valence-corrected chi connectivity index (χ4v) is 2.16. The number of fused-ring (bicyclic) bond motifs is 1. The number of furan rings is 1. The zero-order valence-electron chi connectivity index (χ0n) is 9.15. The number of ether oxygens (including phenoxy) is 1. The molecule has 3 nitrogen and oxygen atoms in total. The lowest BCUT2D eigenvalue weighted by atomic mass is 10.0. The Morgan fingerprint density at radius 2 is 2.29 bits per heavy atom. The molecule has 0 fully saturated rings. The van der Waals surface area contributed by atoms with E-state index in [-0.39, 0.29) is 11.9 Å². The Balaban J connectivity index is 2.12. The quantitative estimate of drug-likeness (QED) is 0.866. The standard InChI is InChI=1S/C13H12FNO2/c14-10-3-9-4-11(6-15)17-13(9)12(5-10)8-1-2-16-7-8/h1-3,5,7,11H,4,6,15H2/t11-/m1/s1. The Kier molecular flexibility index (Phi) is 2.37. The second-order valence-corrected chi connectivity index (χ2v) is 4.13. The van der Waals surface area contributed by atoms with Gasteiger partial charge in [0.25, 0.3) is 0 Å².